The Morgan fingerprint density at radius 3 is 2.63 bits per heavy atom. The van der Waals surface area contributed by atoms with E-state index in [0.29, 0.717) is 0 Å². The summed E-state index contributed by atoms with van der Waals surface area (Å²) >= 11 is 1.42. The van der Waals surface area contributed by atoms with Crippen LogP contribution in [0.25, 0.3) is 11.3 Å². The summed E-state index contributed by atoms with van der Waals surface area (Å²) in [4.78, 5) is 8.33. The highest BCUT2D eigenvalue weighted by Crippen LogP contribution is 2.20. The van der Waals surface area contributed by atoms with Gasteiger partial charge in [-0.3, -0.25) is 4.98 Å². The molecule has 0 bridgehead atoms. The van der Waals surface area contributed by atoms with Crippen molar-refractivity contribution in [3.63, 3.8) is 0 Å². The molecular weight excluding hydrogens is 284 g/mol. The minimum Gasteiger partial charge on any atom is -0.265 e. The van der Waals surface area contributed by atoms with Crippen molar-refractivity contribution in [2.24, 2.45) is 0 Å². The van der Waals surface area contributed by atoms with Gasteiger partial charge in [-0.1, -0.05) is 0 Å². The molecule has 2 heterocycles. The van der Waals surface area contributed by atoms with Crippen molar-refractivity contribution >= 4 is 21.5 Å². The molecule has 0 amide bonds. The maximum Gasteiger partial charge on any atom is 0.279 e. The Bertz CT molecular complexity index is 638. The lowest BCUT2D eigenvalue weighted by Gasteiger charge is -2.10. The molecule has 2 aromatic rings. The van der Waals surface area contributed by atoms with E-state index in [1.165, 1.54) is 25.4 Å². The van der Waals surface area contributed by atoms with Gasteiger partial charge in [-0.25, -0.2) is 4.98 Å². The van der Waals surface area contributed by atoms with Crippen molar-refractivity contribution in [2.45, 2.75) is 6.54 Å². The summed E-state index contributed by atoms with van der Waals surface area (Å²) in [5.41, 5.74) is 1.79. The zero-order valence-electron chi connectivity index (χ0n) is 10.6. The molecule has 0 radical (unpaired) electrons. The van der Waals surface area contributed by atoms with Crippen molar-refractivity contribution in [1.82, 2.24) is 19.0 Å². The normalized spacial score (nSPS) is 11.9. The van der Waals surface area contributed by atoms with Gasteiger partial charge < -0.3 is 0 Å². The van der Waals surface area contributed by atoms with Crippen LogP contribution >= 0.6 is 11.3 Å². The van der Waals surface area contributed by atoms with Crippen LogP contribution in [-0.4, -0.2) is 36.8 Å². The second kappa shape index (κ2) is 5.74. The summed E-state index contributed by atoms with van der Waals surface area (Å²) in [6, 6.07) is 3.73. The molecule has 0 aliphatic rings. The Morgan fingerprint density at radius 2 is 2.00 bits per heavy atom. The van der Waals surface area contributed by atoms with Crippen LogP contribution in [0.2, 0.25) is 0 Å². The summed E-state index contributed by atoms with van der Waals surface area (Å²) in [6.07, 6.45) is 3.40. The number of nitrogens with zero attached hydrogens (tertiary/aromatic N) is 3. The Kier molecular flexibility index (Phi) is 4.25. The summed E-state index contributed by atoms with van der Waals surface area (Å²) in [5, 5.41) is 2.62. The van der Waals surface area contributed by atoms with Crippen LogP contribution in [0.1, 0.15) is 5.01 Å². The van der Waals surface area contributed by atoms with Crippen LogP contribution < -0.4 is 4.72 Å². The number of aromatic nitrogens is 2. The topological polar surface area (TPSA) is 75.2 Å². The number of hydrogen-bond acceptors (Lipinski definition) is 5. The molecule has 19 heavy (non-hydrogen) atoms. The van der Waals surface area contributed by atoms with Gasteiger partial charge in [0.1, 0.15) is 5.01 Å². The Morgan fingerprint density at radius 1 is 1.32 bits per heavy atom. The van der Waals surface area contributed by atoms with E-state index in [4.69, 9.17) is 0 Å². The second-order valence-corrected chi connectivity index (χ2v) is 6.88. The predicted octanol–water partition coefficient (Wildman–Crippen LogP) is 1.10. The smallest absolute Gasteiger partial charge is 0.265 e. The molecule has 0 saturated heterocycles. The summed E-state index contributed by atoms with van der Waals surface area (Å²) < 4.78 is 26.7. The minimum absolute atomic E-state index is 0.191. The lowest BCUT2D eigenvalue weighted by atomic mass is 10.2. The van der Waals surface area contributed by atoms with Gasteiger partial charge in [0, 0.05) is 37.4 Å². The fourth-order valence-corrected chi connectivity index (χ4v) is 2.74. The first-order valence-electron chi connectivity index (χ1n) is 5.51. The maximum absolute atomic E-state index is 11.6. The van der Waals surface area contributed by atoms with Gasteiger partial charge in [0.25, 0.3) is 10.2 Å². The van der Waals surface area contributed by atoms with E-state index in [0.717, 1.165) is 20.6 Å². The number of hydrogen-bond donors (Lipinski definition) is 1. The lowest BCUT2D eigenvalue weighted by molar-refractivity contribution is 0.505. The molecule has 2 rings (SSSR count). The average Bonchev–Trinajstić information content (AvgIpc) is 2.86. The van der Waals surface area contributed by atoms with Crippen LogP contribution in [0, 0.1) is 0 Å². The van der Waals surface area contributed by atoms with E-state index in [2.05, 4.69) is 14.7 Å². The van der Waals surface area contributed by atoms with Gasteiger partial charge in [-0.05, 0) is 12.1 Å². The number of pyridine rings is 1. The summed E-state index contributed by atoms with van der Waals surface area (Å²) in [6.45, 7) is 0.191. The maximum atomic E-state index is 11.6. The predicted molar refractivity (Wildman–Crippen MR) is 74.8 cm³/mol. The van der Waals surface area contributed by atoms with E-state index in [1.54, 1.807) is 12.4 Å². The molecule has 0 spiro atoms. The van der Waals surface area contributed by atoms with Crippen LogP contribution in [-0.2, 0) is 16.8 Å². The highest BCUT2D eigenvalue weighted by atomic mass is 32.2. The van der Waals surface area contributed by atoms with Gasteiger partial charge in [0.05, 0.1) is 12.2 Å². The van der Waals surface area contributed by atoms with Crippen molar-refractivity contribution in [2.75, 3.05) is 14.1 Å². The van der Waals surface area contributed by atoms with Gasteiger partial charge in [-0.15, -0.1) is 11.3 Å². The van der Waals surface area contributed by atoms with Crippen molar-refractivity contribution < 1.29 is 8.42 Å². The first-order valence-corrected chi connectivity index (χ1v) is 7.83. The Labute approximate surface area is 116 Å². The monoisotopic (exact) mass is 298 g/mol. The van der Waals surface area contributed by atoms with Crippen molar-refractivity contribution in [1.29, 1.82) is 0 Å². The van der Waals surface area contributed by atoms with E-state index in [1.807, 2.05) is 17.5 Å². The molecule has 0 unspecified atom stereocenters. The largest absolute Gasteiger partial charge is 0.279 e. The molecule has 102 valence electrons. The van der Waals surface area contributed by atoms with Gasteiger partial charge in [-0.2, -0.15) is 17.4 Å². The average molecular weight is 298 g/mol. The van der Waals surface area contributed by atoms with Crippen LogP contribution in [0.5, 0.6) is 0 Å². The zero-order chi connectivity index (χ0) is 13.9. The molecule has 0 fully saturated rings. The minimum atomic E-state index is -3.41. The van der Waals surface area contributed by atoms with Crippen LogP contribution in [0.4, 0.5) is 0 Å². The molecule has 0 aromatic carbocycles. The third-order valence-electron chi connectivity index (χ3n) is 2.41. The third kappa shape index (κ3) is 3.57. The summed E-state index contributed by atoms with van der Waals surface area (Å²) in [5.74, 6) is 0. The third-order valence-corrected chi connectivity index (χ3v) is 4.73. The molecule has 0 aliphatic carbocycles. The van der Waals surface area contributed by atoms with E-state index in [-0.39, 0.29) is 6.54 Å². The molecule has 0 aliphatic heterocycles. The van der Waals surface area contributed by atoms with Crippen LogP contribution in [0.15, 0.2) is 29.9 Å². The molecule has 8 heteroatoms. The molecule has 0 atom stereocenters. The van der Waals surface area contributed by atoms with Gasteiger partial charge in [0.2, 0.25) is 0 Å². The fraction of sp³-hybridized carbons (Fsp3) is 0.273. The molecule has 1 N–H and O–H groups in total. The first-order chi connectivity index (χ1) is 8.99. The highest BCUT2D eigenvalue weighted by Gasteiger charge is 2.13. The number of nitrogens with one attached hydrogen (secondary N) is 1. The van der Waals surface area contributed by atoms with Gasteiger partial charge >= 0.3 is 0 Å². The van der Waals surface area contributed by atoms with E-state index in [9.17, 15) is 8.42 Å². The molecular formula is C11H14N4O2S2. The Balaban J connectivity index is 2.07. The highest BCUT2D eigenvalue weighted by molar-refractivity contribution is 7.87. The van der Waals surface area contributed by atoms with Crippen molar-refractivity contribution in [3.8, 4) is 11.3 Å². The standard InChI is InChI=1S/C11H14N4O2S2/c1-15(2)19(16,17)13-7-11-14-10(8-18-11)9-3-5-12-6-4-9/h3-6,8,13H,7H2,1-2H3. The second-order valence-electron chi connectivity index (χ2n) is 3.97. The SMILES string of the molecule is CN(C)S(=O)(=O)NCc1nc(-c2ccncc2)cs1. The molecule has 2 aromatic heterocycles. The van der Waals surface area contributed by atoms with Crippen molar-refractivity contribution in [3.05, 3.63) is 34.9 Å². The van der Waals surface area contributed by atoms with Crippen LogP contribution in [0.3, 0.4) is 0 Å². The number of rotatable bonds is 5. The Hall–Kier alpha value is -1.35. The zero-order valence-corrected chi connectivity index (χ0v) is 12.2. The lowest BCUT2D eigenvalue weighted by Crippen LogP contribution is -2.35. The quantitative estimate of drug-likeness (QED) is 0.897. The van der Waals surface area contributed by atoms with E-state index >= 15 is 0 Å². The number of thiazole rings is 1. The van der Waals surface area contributed by atoms with E-state index < -0.39 is 10.2 Å². The van der Waals surface area contributed by atoms with Gasteiger partial charge in [0.15, 0.2) is 0 Å². The first kappa shape index (κ1) is 14.1. The molecule has 6 nitrogen and oxygen atoms in total. The fourth-order valence-electron chi connectivity index (χ4n) is 1.33. The molecule has 0 saturated carbocycles. The summed E-state index contributed by atoms with van der Waals surface area (Å²) in [7, 11) is -0.454.